The first-order valence-electron chi connectivity index (χ1n) is 6.36. The Balaban J connectivity index is 1.85. The van der Waals surface area contributed by atoms with Gasteiger partial charge in [-0.1, -0.05) is 30.3 Å². The molecule has 2 bridgehead atoms. The maximum Gasteiger partial charge on any atom is 0.403 e. The summed E-state index contributed by atoms with van der Waals surface area (Å²) in [5, 5.41) is 0. The van der Waals surface area contributed by atoms with Crippen LogP contribution in [0.15, 0.2) is 30.3 Å². The van der Waals surface area contributed by atoms with Gasteiger partial charge in [0.1, 0.15) is 5.41 Å². The van der Waals surface area contributed by atoms with Crippen LogP contribution in [-0.4, -0.2) is 23.0 Å². The fraction of sp³-hybridized carbons (Fsp3) is 0.500. The third kappa shape index (κ3) is 1.75. The summed E-state index contributed by atoms with van der Waals surface area (Å²) in [7, 11) is 0. The van der Waals surface area contributed by atoms with Crippen molar-refractivity contribution in [1.82, 2.24) is 4.90 Å². The van der Waals surface area contributed by atoms with E-state index >= 15 is 0 Å². The van der Waals surface area contributed by atoms with Gasteiger partial charge in [-0.3, -0.25) is 4.79 Å². The van der Waals surface area contributed by atoms with Gasteiger partial charge in [0, 0.05) is 12.6 Å². The van der Waals surface area contributed by atoms with Crippen LogP contribution in [0.1, 0.15) is 24.8 Å². The number of hydrogen-bond acceptors (Lipinski definition) is 1. The van der Waals surface area contributed by atoms with Crippen LogP contribution in [0.3, 0.4) is 0 Å². The molecular weight excluding hydrogens is 255 g/mol. The molecule has 19 heavy (non-hydrogen) atoms. The fourth-order valence-electron chi connectivity index (χ4n) is 3.28. The van der Waals surface area contributed by atoms with Crippen LogP contribution in [0.25, 0.3) is 0 Å². The van der Waals surface area contributed by atoms with Crippen molar-refractivity contribution in [3.8, 4) is 0 Å². The van der Waals surface area contributed by atoms with E-state index in [0.717, 1.165) is 5.56 Å². The highest BCUT2D eigenvalue weighted by atomic mass is 19.4. The Morgan fingerprint density at radius 3 is 2.53 bits per heavy atom. The zero-order valence-electron chi connectivity index (χ0n) is 10.3. The highest BCUT2D eigenvalue weighted by Gasteiger charge is 2.69. The summed E-state index contributed by atoms with van der Waals surface area (Å²) < 4.78 is 39.5. The van der Waals surface area contributed by atoms with Crippen LogP contribution in [0.2, 0.25) is 0 Å². The molecule has 102 valence electrons. The van der Waals surface area contributed by atoms with Crippen LogP contribution in [0.4, 0.5) is 13.2 Å². The maximum absolute atomic E-state index is 13.2. The van der Waals surface area contributed by atoms with E-state index in [9.17, 15) is 18.0 Å². The van der Waals surface area contributed by atoms with E-state index in [4.69, 9.17) is 0 Å². The molecule has 0 unspecified atom stereocenters. The molecule has 0 radical (unpaired) electrons. The monoisotopic (exact) mass is 269 g/mol. The van der Waals surface area contributed by atoms with E-state index in [0.29, 0.717) is 6.42 Å². The number of benzene rings is 1. The van der Waals surface area contributed by atoms with Gasteiger partial charge in [-0.15, -0.1) is 0 Å². The van der Waals surface area contributed by atoms with E-state index in [2.05, 4.69) is 0 Å². The lowest BCUT2D eigenvalue weighted by molar-refractivity contribution is -0.219. The first kappa shape index (κ1) is 12.5. The number of carbonyl (C=O) groups excluding carboxylic acids is 1. The Bertz CT molecular complexity index is 499. The average molecular weight is 269 g/mol. The predicted octanol–water partition coefficient (Wildman–Crippen LogP) is 3.13. The van der Waals surface area contributed by atoms with Crippen molar-refractivity contribution in [2.75, 3.05) is 0 Å². The number of alkyl halides is 3. The highest BCUT2D eigenvalue weighted by molar-refractivity contribution is 5.87. The molecule has 3 rings (SSSR count). The molecular formula is C14H14F3NO. The van der Waals surface area contributed by atoms with Gasteiger partial charge in [0.15, 0.2) is 0 Å². The van der Waals surface area contributed by atoms with E-state index in [1.165, 1.54) is 4.90 Å². The second kappa shape index (κ2) is 3.99. The van der Waals surface area contributed by atoms with Crippen molar-refractivity contribution in [1.29, 1.82) is 0 Å². The first-order valence-corrected chi connectivity index (χ1v) is 6.36. The molecule has 1 aliphatic carbocycles. The normalized spacial score (nSPS) is 30.2. The van der Waals surface area contributed by atoms with Crippen molar-refractivity contribution in [3.05, 3.63) is 35.9 Å². The zero-order chi connectivity index (χ0) is 13.7. The van der Waals surface area contributed by atoms with E-state index in [1.54, 1.807) is 0 Å². The summed E-state index contributed by atoms with van der Waals surface area (Å²) in [5.41, 5.74) is -1.23. The quantitative estimate of drug-likeness (QED) is 0.807. The average Bonchev–Trinajstić information content (AvgIpc) is 2.91. The molecule has 1 aromatic carbocycles. The molecule has 1 aliphatic heterocycles. The summed E-state index contributed by atoms with van der Waals surface area (Å²) in [6.07, 6.45) is -4.09. The second-order valence-corrected chi connectivity index (χ2v) is 5.40. The van der Waals surface area contributed by atoms with Crippen LogP contribution in [0, 0.1) is 5.41 Å². The molecule has 2 fully saturated rings. The SMILES string of the molecule is O=C1N(Cc2ccccc2)[C@@H]2CC[C@@]1(C(F)(F)F)C2. The molecule has 0 spiro atoms. The van der Waals surface area contributed by atoms with Gasteiger partial charge in [0.25, 0.3) is 0 Å². The van der Waals surface area contributed by atoms with Crippen LogP contribution in [-0.2, 0) is 11.3 Å². The molecule has 1 saturated carbocycles. The predicted molar refractivity (Wildman–Crippen MR) is 63.1 cm³/mol. The molecule has 0 aromatic heterocycles. The Morgan fingerprint density at radius 2 is 1.95 bits per heavy atom. The number of fused-ring (bicyclic) bond motifs is 2. The third-order valence-electron chi connectivity index (χ3n) is 4.34. The second-order valence-electron chi connectivity index (χ2n) is 5.40. The molecule has 2 atom stereocenters. The highest BCUT2D eigenvalue weighted by Crippen LogP contribution is 2.57. The van der Waals surface area contributed by atoms with Crippen molar-refractivity contribution >= 4 is 5.91 Å². The van der Waals surface area contributed by atoms with Gasteiger partial charge in [-0.05, 0) is 24.8 Å². The number of halogens is 3. The van der Waals surface area contributed by atoms with Crippen LogP contribution in [0.5, 0.6) is 0 Å². The minimum atomic E-state index is -4.43. The molecule has 1 aromatic rings. The first-order chi connectivity index (χ1) is 8.94. The molecule has 1 saturated heterocycles. The molecule has 2 aliphatic rings. The van der Waals surface area contributed by atoms with Crippen LogP contribution < -0.4 is 0 Å². The lowest BCUT2D eigenvalue weighted by Crippen LogP contribution is -2.47. The number of carbonyl (C=O) groups is 1. The fourth-order valence-corrected chi connectivity index (χ4v) is 3.28. The van der Waals surface area contributed by atoms with Gasteiger partial charge in [-0.2, -0.15) is 13.2 Å². The lowest BCUT2D eigenvalue weighted by Gasteiger charge is -2.33. The Hall–Kier alpha value is -1.52. The van der Waals surface area contributed by atoms with Gasteiger partial charge in [0.2, 0.25) is 5.91 Å². The standard InChI is InChI=1S/C14H14F3NO/c15-14(16,17)13-7-6-11(8-13)18(12(13)19)9-10-4-2-1-3-5-10/h1-5,11H,6-9H2/t11-,13-/m1/s1. The minimum absolute atomic E-state index is 0.0503. The number of amides is 1. The lowest BCUT2D eigenvalue weighted by atomic mass is 9.85. The molecule has 0 N–H and O–H groups in total. The van der Waals surface area contributed by atoms with E-state index in [-0.39, 0.29) is 25.4 Å². The van der Waals surface area contributed by atoms with Gasteiger partial charge >= 0.3 is 6.18 Å². The maximum atomic E-state index is 13.2. The van der Waals surface area contributed by atoms with Crippen molar-refractivity contribution in [3.63, 3.8) is 0 Å². The van der Waals surface area contributed by atoms with E-state index < -0.39 is 17.5 Å². The number of likely N-dealkylation sites (tertiary alicyclic amines) is 1. The Morgan fingerprint density at radius 1 is 1.26 bits per heavy atom. The molecule has 1 heterocycles. The van der Waals surface area contributed by atoms with Crippen molar-refractivity contribution in [2.24, 2.45) is 5.41 Å². The summed E-state index contributed by atoms with van der Waals surface area (Å²) >= 11 is 0. The Kier molecular flexibility index (Phi) is 2.62. The smallest absolute Gasteiger partial charge is 0.335 e. The van der Waals surface area contributed by atoms with Gasteiger partial charge in [-0.25, -0.2) is 0 Å². The van der Waals surface area contributed by atoms with Gasteiger partial charge in [0.05, 0.1) is 0 Å². The summed E-state index contributed by atoms with van der Waals surface area (Å²) in [6, 6.07) is 8.91. The largest absolute Gasteiger partial charge is 0.403 e. The molecule has 2 nitrogen and oxygen atoms in total. The zero-order valence-corrected chi connectivity index (χ0v) is 10.3. The number of hydrogen-bond donors (Lipinski definition) is 0. The van der Waals surface area contributed by atoms with E-state index in [1.807, 2.05) is 30.3 Å². The summed E-state index contributed by atoms with van der Waals surface area (Å²) in [5.74, 6) is -0.736. The number of rotatable bonds is 2. The van der Waals surface area contributed by atoms with Gasteiger partial charge < -0.3 is 4.90 Å². The van der Waals surface area contributed by atoms with Crippen molar-refractivity contribution in [2.45, 2.75) is 38.0 Å². The minimum Gasteiger partial charge on any atom is -0.335 e. The van der Waals surface area contributed by atoms with Crippen molar-refractivity contribution < 1.29 is 18.0 Å². The van der Waals surface area contributed by atoms with Crippen LogP contribution >= 0.6 is 0 Å². The molecule has 1 amide bonds. The topological polar surface area (TPSA) is 20.3 Å². The third-order valence-corrected chi connectivity index (χ3v) is 4.34. The molecule has 5 heteroatoms. The number of nitrogens with zero attached hydrogens (tertiary/aromatic N) is 1. The summed E-state index contributed by atoms with van der Waals surface area (Å²) in [6.45, 7) is 0.280. The number of piperidine rings is 1. The Labute approximate surface area is 109 Å². The summed E-state index contributed by atoms with van der Waals surface area (Å²) in [4.78, 5) is 13.6.